The largest absolute Gasteiger partial charge is 0.368 e. The van der Waals surface area contributed by atoms with Crippen molar-refractivity contribution in [3.05, 3.63) is 0 Å². The fraction of sp³-hybridized carbons (Fsp3) is 1.00. The summed E-state index contributed by atoms with van der Waals surface area (Å²) in [5, 5.41) is 21.8. The average Bonchev–Trinajstić information content (AvgIpc) is 3.27. The molecular weight excluding hydrogens is 304 g/mol. The van der Waals surface area contributed by atoms with Gasteiger partial charge in [0.15, 0.2) is 12.6 Å². The van der Waals surface area contributed by atoms with Crippen LogP contribution in [0.25, 0.3) is 0 Å². The molecule has 2 N–H and O–H groups in total. The van der Waals surface area contributed by atoms with Gasteiger partial charge < -0.3 is 19.7 Å². The molecule has 0 amide bonds. The molecule has 5 aliphatic carbocycles. The number of hydrogen-bond acceptors (Lipinski definition) is 4. The summed E-state index contributed by atoms with van der Waals surface area (Å²) in [6.45, 7) is 0. The van der Waals surface area contributed by atoms with E-state index in [2.05, 4.69) is 0 Å². The molecule has 24 heavy (non-hydrogen) atoms. The first kappa shape index (κ1) is 14.0. The van der Waals surface area contributed by atoms with Crippen LogP contribution >= 0.6 is 0 Å². The number of aliphatic hydroxyl groups is 2. The normalized spacial score (nSPS) is 71.2. The minimum absolute atomic E-state index is 0.107. The number of aliphatic hydroxyl groups excluding tert-OH is 2. The number of ether oxygens (including phenoxy) is 2. The van der Waals surface area contributed by atoms with Crippen molar-refractivity contribution in [1.82, 2.24) is 0 Å². The van der Waals surface area contributed by atoms with Crippen molar-refractivity contribution < 1.29 is 19.7 Å². The summed E-state index contributed by atoms with van der Waals surface area (Å²) in [5.74, 6) is 5.85. The maximum absolute atomic E-state index is 10.9. The Morgan fingerprint density at radius 1 is 0.542 bits per heavy atom. The Bertz CT molecular complexity index is 530. The fourth-order valence-corrected chi connectivity index (χ4v) is 9.53. The molecule has 132 valence electrons. The van der Waals surface area contributed by atoms with Crippen molar-refractivity contribution in [2.24, 2.45) is 59.2 Å². The second kappa shape index (κ2) is 4.39. The van der Waals surface area contributed by atoms with Crippen LogP contribution in [0.4, 0.5) is 0 Å². The molecule has 0 aromatic rings. The first-order valence-corrected chi connectivity index (χ1v) is 10.4. The Morgan fingerprint density at radius 3 is 1.46 bits per heavy atom. The van der Waals surface area contributed by atoms with Crippen LogP contribution in [-0.2, 0) is 9.47 Å². The van der Waals surface area contributed by atoms with Gasteiger partial charge in [-0.15, -0.1) is 0 Å². The second-order valence-electron chi connectivity index (χ2n) is 10.1. The lowest BCUT2D eigenvalue weighted by atomic mass is 9.53. The zero-order valence-electron chi connectivity index (χ0n) is 14.0. The van der Waals surface area contributed by atoms with Gasteiger partial charge in [-0.2, -0.15) is 0 Å². The van der Waals surface area contributed by atoms with Gasteiger partial charge in [-0.25, -0.2) is 0 Å². The van der Waals surface area contributed by atoms with Crippen molar-refractivity contribution in [2.75, 3.05) is 0 Å². The minimum Gasteiger partial charge on any atom is -0.368 e. The molecule has 2 heterocycles. The molecule has 0 aromatic heterocycles. The van der Waals surface area contributed by atoms with Gasteiger partial charge >= 0.3 is 0 Å². The van der Waals surface area contributed by atoms with Crippen LogP contribution in [-0.4, -0.2) is 35.0 Å². The zero-order chi connectivity index (χ0) is 15.7. The smallest absolute Gasteiger partial charge is 0.158 e. The van der Waals surface area contributed by atoms with E-state index in [9.17, 15) is 10.2 Å². The lowest BCUT2D eigenvalue weighted by Gasteiger charge is -2.58. The van der Waals surface area contributed by atoms with E-state index in [-0.39, 0.29) is 24.0 Å². The van der Waals surface area contributed by atoms with E-state index < -0.39 is 12.6 Å². The van der Waals surface area contributed by atoms with Gasteiger partial charge in [0, 0.05) is 11.8 Å². The van der Waals surface area contributed by atoms with Crippen molar-refractivity contribution >= 4 is 0 Å². The third-order valence-electron chi connectivity index (χ3n) is 9.79. The summed E-state index contributed by atoms with van der Waals surface area (Å²) in [6, 6.07) is 0. The average molecular weight is 332 g/mol. The molecule has 4 nitrogen and oxygen atoms in total. The summed E-state index contributed by atoms with van der Waals surface area (Å²) in [6.07, 6.45) is 6.78. The van der Waals surface area contributed by atoms with Crippen molar-refractivity contribution in [3.63, 3.8) is 0 Å². The third kappa shape index (κ3) is 1.42. The quantitative estimate of drug-likeness (QED) is 0.712. The monoisotopic (exact) mass is 332 g/mol. The predicted molar refractivity (Wildman–Crippen MR) is 84.4 cm³/mol. The standard InChI is InChI=1S/C20H28O4/c21-19-17-15-9(5-7-1-3-11(23-19)13(7)15)10-6-8-2-4-12-14(8)16(10)18(17)20(22)24-12/h7-22H,1-6H2/t7-,8-,9-,10-,11-,12-,13-,14+,15-,16+,17-,18-,19+,20-/m1/s1. The third-order valence-corrected chi connectivity index (χ3v) is 9.79. The van der Waals surface area contributed by atoms with Crippen LogP contribution in [0.1, 0.15) is 38.5 Å². The van der Waals surface area contributed by atoms with Crippen molar-refractivity contribution in [3.8, 4) is 0 Å². The highest BCUT2D eigenvalue weighted by Crippen LogP contribution is 2.72. The molecule has 7 aliphatic rings. The molecule has 0 unspecified atom stereocenters. The Labute approximate surface area is 142 Å². The zero-order valence-corrected chi connectivity index (χ0v) is 14.0. The van der Waals surface area contributed by atoms with Gasteiger partial charge in [-0.3, -0.25) is 0 Å². The molecule has 7 fully saturated rings. The van der Waals surface area contributed by atoms with Crippen LogP contribution in [0, 0.1) is 59.2 Å². The Morgan fingerprint density at radius 2 is 1.00 bits per heavy atom. The van der Waals surface area contributed by atoms with Crippen molar-refractivity contribution in [1.29, 1.82) is 0 Å². The van der Waals surface area contributed by atoms with E-state index >= 15 is 0 Å². The molecular formula is C20H28O4. The predicted octanol–water partition coefficient (Wildman–Crippen LogP) is 1.99. The van der Waals surface area contributed by atoms with Gasteiger partial charge in [0.1, 0.15) is 0 Å². The molecule has 0 bridgehead atoms. The molecule has 7 rings (SSSR count). The fourth-order valence-electron chi connectivity index (χ4n) is 9.53. The van der Waals surface area contributed by atoms with Gasteiger partial charge in [0.05, 0.1) is 12.2 Å². The van der Waals surface area contributed by atoms with E-state index in [0.717, 1.165) is 36.5 Å². The van der Waals surface area contributed by atoms with Crippen LogP contribution in [0.15, 0.2) is 0 Å². The molecule has 0 aromatic carbocycles. The molecule has 2 aliphatic heterocycles. The van der Waals surface area contributed by atoms with Gasteiger partial charge in [-0.05, 0) is 85.9 Å². The van der Waals surface area contributed by atoms with Crippen molar-refractivity contribution in [2.45, 2.75) is 63.3 Å². The van der Waals surface area contributed by atoms with Crippen LogP contribution < -0.4 is 0 Å². The van der Waals surface area contributed by atoms with E-state index in [1.165, 1.54) is 25.7 Å². The molecule has 0 spiro atoms. The van der Waals surface area contributed by atoms with E-state index in [4.69, 9.17) is 9.47 Å². The lowest BCUT2D eigenvalue weighted by molar-refractivity contribution is -0.317. The Hall–Kier alpha value is -0.160. The Balaban J connectivity index is 1.38. The van der Waals surface area contributed by atoms with Crippen LogP contribution in [0.2, 0.25) is 0 Å². The maximum Gasteiger partial charge on any atom is 0.158 e. The maximum atomic E-state index is 10.9. The van der Waals surface area contributed by atoms with Gasteiger partial charge in [0.2, 0.25) is 0 Å². The van der Waals surface area contributed by atoms with Crippen LogP contribution in [0.5, 0.6) is 0 Å². The summed E-state index contributed by atoms with van der Waals surface area (Å²) in [7, 11) is 0. The summed E-state index contributed by atoms with van der Waals surface area (Å²) >= 11 is 0. The highest BCUT2D eigenvalue weighted by Gasteiger charge is 2.71. The van der Waals surface area contributed by atoms with Crippen LogP contribution in [0.3, 0.4) is 0 Å². The summed E-state index contributed by atoms with van der Waals surface area (Å²) in [5.41, 5.74) is 0. The molecule has 0 radical (unpaired) electrons. The van der Waals surface area contributed by atoms with Gasteiger partial charge in [-0.1, -0.05) is 0 Å². The molecule has 4 heteroatoms. The molecule has 5 saturated carbocycles. The summed E-state index contributed by atoms with van der Waals surface area (Å²) in [4.78, 5) is 0. The number of rotatable bonds is 0. The number of hydrogen-bond donors (Lipinski definition) is 2. The SMILES string of the molecule is O[C@@H]1O[C@@H]2CC[C@@H]3C[C@@H]4[C@H]5C[C@H]6CC[C@H]7O[C@H](O)[C@H]([C@H]5[C@H]67)[C@H]1[C@@H]4[C@@H]32. The van der Waals surface area contributed by atoms with E-state index in [1.54, 1.807) is 0 Å². The minimum atomic E-state index is -0.684. The summed E-state index contributed by atoms with van der Waals surface area (Å²) < 4.78 is 12.2. The highest BCUT2D eigenvalue weighted by molar-refractivity contribution is 5.16. The first-order chi connectivity index (χ1) is 11.7. The lowest BCUT2D eigenvalue weighted by Crippen LogP contribution is -2.61. The Kier molecular flexibility index (Phi) is 2.55. The topological polar surface area (TPSA) is 58.9 Å². The van der Waals surface area contributed by atoms with E-state index in [1.807, 2.05) is 0 Å². The van der Waals surface area contributed by atoms with Gasteiger partial charge in [0.25, 0.3) is 0 Å². The molecule has 2 saturated heterocycles. The molecule has 14 atom stereocenters. The second-order valence-corrected chi connectivity index (χ2v) is 10.1. The number of fused-ring (bicyclic) bond motifs is 2. The highest BCUT2D eigenvalue weighted by atomic mass is 16.6. The first-order valence-electron chi connectivity index (χ1n) is 10.4. The van der Waals surface area contributed by atoms with E-state index in [0.29, 0.717) is 23.7 Å².